The molecule has 0 aliphatic carbocycles. The first-order valence-electron chi connectivity index (χ1n) is 12.8. The number of nitrogens with one attached hydrogen (secondary N) is 1. The number of ether oxygens (including phenoxy) is 3. The fourth-order valence-corrected chi connectivity index (χ4v) is 4.57. The summed E-state index contributed by atoms with van der Waals surface area (Å²) in [7, 11) is 0. The SMILES string of the molecule is CCOCc1cc(F)c(OCCN2CCOc3cc4c(c(C)c32)CCNCC4)c(F)c1.O=C(O)/C=C/C(=O)O. The highest BCUT2D eigenvalue weighted by atomic mass is 19.1. The van der Waals surface area contributed by atoms with Crippen LogP contribution in [0.3, 0.4) is 0 Å². The standard InChI is InChI=1S/C24H30F2N2O3.C4H4O4/c1-3-29-15-17-12-20(25)24(21(26)13-17)31-11-9-28-8-10-30-22-14-18-4-6-27-7-5-19(18)16(2)23(22)28;5-3(6)1-2-4(7)8/h12-14,27H,3-11,15H2,1-2H3;1-2H,(H,5,6)(H,7,8)/b;2-1+. The predicted octanol–water partition coefficient (Wildman–Crippen LogP) is 3.49. The summed E-state index contributed by atoms with van der Waals surface area (Å²) in [5.74, 6) is -3.36. The smallest absolute Gasteiger partial charge is 0.328 e. The quantitative estimate of drug-likeness (QED) is 0.405. The van der Waals surface area contributed by atoms with Crippen LogP contribution < -0.4 is 19.7 Å². The molecule has 0 saturated heterocycles. The molecule has 0 amide bonds. The molecule has 11 heteroatoms. The number of aliphatic carboxylic acids is 2. The molecular weight excluding hydrogens is 514 g/mol. The molecular formula is C28H34F2N2O7. The van der Waals surface area contributed by atoms with Crippen molar-refractivity contribution in [3.05, 3.63) is 64.2 Å². The van der Waals surface area contributed by atoms with E-state index in [2.05, 4.69) is 23.2 Å². The molecule has 0 saturated carbocycles. The largest absolute Gasteiger partial charge is 0.490 e. The zero-order valence-electron chi connectivity index (χ0n) is 22.1. The molecule has 212 valence electrons. The zero-order valence-corrected chi connectivity index (χ0v) is 22.1. The summed E-state index contributed by atoms with van der Waals surface area (Å²) in [5, 5.41) is 19.1. The van der Waals surface area contributed by atoms with Crippen molar-refractivity contribution in [2.75, 3.05) is 50.9 Å². The van der Waals surface area contributed by atoms with Gasteiger partial charge in [-0.05, 0) is 80.2 Å². The van der Waals surface area contributed by atoms with Gasteiger partial charge in [0.15, 0.2) is 17.4 Å². The minimum Gasteiger partial charge on any atom is -0.490 e. The third-order valence-electron chi connectivity index (χ3n) is 6.30. The molecule has 0 spiro atoms. The fraction of sp³-hybridized carbons (Fsp3) is 0.429. The molecule has 2 aliphatic heterocycles. The number of fused-ring (bicyclic) bond motifs is 2. The van der Waals surface area contributed by atoms with E-state index in [9.17, 15) is 18.4 Å². The second-order valence-corrected chi connectivity index (χ2v) is 8.96. The maximum atomic E-state index is 14.4. The minimum atomic E-state index is -1.26. The Labute approximate surface area is 226 Å². The summed E-state index contributed by atoms with van der Waals surface area (Å²) < 4.78 is 45.5. The Balaban J connectivity index is 0.000000459. The molecule has 2 aliphatic rings. The number of rotatable bonds is 9. The van der Waals surface area contributed by atoms with Crippen molar-refractivity contribution in [3.63, 3.8) is 0 Å². The van der Waals surface area contributed by atoms with Crippen molar-refractivity contribution < 1.29 is 42.8 Å². The number of benzene rings is 2. The lowest BCUT2D eigenvalue weighted by Crippen LogP contribution is -2.36. The van der Waals surface area contributed by atoms with E-state index >= 15 is 0 Å². The van der Waals surface area contributed by atoms with Crippen LogP contribution in [0.5, 0.6) is 11.5 Å². The summed E-state index contributed by atoms with van der Waals surface area (Å²) in [5.41, 5.74) is 5.48. The van der Waals surface area contributed by atoms with E-state index in [1.807, 2.05) is 6.92 Å². The van der Waals surface area contributed by atoms with Crippen LogP contribution >= 0.6 is 0 Å². The molecule has 0 radical (unpaired) electrons. The topological polar surface area (TPSA) is 118 Å². The normalized spacial score (nSPS) is 14.4. The molecule has 0 bridgehead atoms. The lowest BCUT2D eigenvalue weighted by Gasteiger charge is -2.34. The fourth-order valence-electron chi connectivity index (χ4n) is 4.57. The van der Waals surface area contributed by atoms with Crippen molar-refractivity contribution in [1.29, 1.82) is 0 Å². The van der Waals surface area contributed by atoms with Gasteiger partial charge in [0.2, 0.25) is 0 Å². The van der Waals surface area contributed by atoms with Crippen LogP contribution in [0.4, 0.5) is 14.5 Å². The highest BCUT2D eigenvalue weighted by Crippen LogP contribution is 2.39. The number of carboxylic acids is 2. The number of carbonyl (C=O) groups is 2. The molecule has 9 nitrogen and oxygen atoms in total. The van der Waals surface area contributed by atoms with E-state index in [4.69, 9.17) is 24.4 Å². The molecule has 0 unspecified atom stereocenters. The van der Waals surface area contributed by atoms with Crippen molar-refractivity contribution in [2.45, 2.75) is 33.3 Å². The van der Waals surface area contributed by atoms with Gasteiger partial charge in [-0.1, -0.05) is 0 Å². The summed E-state index contributed by atoms with van der Waals surface area (Å²) in [6.45, 7) is 8.58. The van der Waals surface area contributed by atoms with Gasteiger partial charge in [-0.3, -0.25) is 0 Å². The molecule has 4 rings (SSSR count). The van der Waals surface area contributed by atoms with Crippen LogP contribution in [0.25, 0.3) is 0 Å². The molecule has 3 N–H and O–H groups in total. The molecule has 0 atom stereocenters. The van der Waals surface area contributed by atoms with Gasteiger partial charge in [-0.25, -0.2) is 18.4 Å². The van der Waals surface area contributed by atoms with Crippen LogP contribution in [0.15, 0.2) is 30.4 Å². The van der Waals surface area contributed by atoms with Gasteiger partial charge in [0.05, 0.1) is 25.4 Å². The highest BCUT2D eigenvalue weighted by molar-refractivity contribution is 5.89. The van der Waals surface area contributed by atoms with Crippen LogP contribution in [0.1, 0.15) is 29.2 Å². The summed E-state index contributed by atoms with van der Waals surface area (Å²) in [6, 6.07) is 4.70. The third kappa shape index (κ3) is 8.39. The molecule has 0 aromatic heterocycles. The van der Waals surface area contributed by atoms with Gasteiger partial charge in [0.25, 0.3) is 0 Å². The first-order valence-corrected chi connectivity index (χ1v) is 12.8. The second-order valence-electron chi connectivity index (χ2n) is 8.96. The Morgan fingerprint density at radius 1 is 1.10 bits per heavy atom. The number of halogens is 2. The van der Waals surface area contributed by atoms with Crippen LogP contribution in [0.2, 0.25) is 0 Å². The van der Waals surface area contributed by atoms with E-state index < -0.39 is 23.6 Å². The van der Waals surface area contributed by atoms with Crippen molar-refractivity contribution in [2.24, 2.45) is 0 Å². The van der Waals surface area contributed by atoms with Crippen LogP contribution in [-0.4, -0.2) is 68.2 Å². The molecule has 0 fully saturated rings. The molecule has 2 aromatic rings. The van der Waals surface area contributed by atoms with Gasteiger partial charge < -0.3 is 34.6 Å². The Morgan fingerprint density at radius 2 is 1.77 bits per heavy atom. The Kier molecular flexibility index (Phi) is 11.1. The van der Waals surface area contributed by atoms with Crippen molar-refractivity contribution in [1.82, 2.24) is 5.32 Å². The van der Waals surface area contributed by atoms with Crippen LogP contribution in [0, 0.1) is 18.6 Å². The lowest BCUT2D eigenvalue weighted by atomic mass is 9.94. The van der Waals surface area contributed by atoms with Gasteiger partial charge in [0.1, 0.15) is 19.0 Å². The monoisotopic (exact) mass is 548 g/mol. The third-order valence-corrected chi connectivity index (χ3v) is 6.30. The van der Waals surface area contributed by atoms with Gasteiger partial charge in [0, 0.05) is 18.8 Å². The van der Waals surface area contributed by atoms with Crippen LogP contribution in [-0.2, 0) is 33.8 Å². The highest BCUT2D eigenvalue weighted by Gasteiger charge is 2.25. The van der Waals surface area contributed by atoms with Crippen molar-refractivity contribution >= 4 is 17.6 Å². The molecule has 39 heavy (non-hydrogen) atoms. The second kappa shape index (κ2) is 14.5. The van der Waals surface area contributed by atoms with E-state index in [0.29, 0.717) is 44.0 Å². The molecule has 2 aromatic carbocycles. The van der Waals surface area contributed by atoms with E-state index in [-0.39, 0.29) is 19.0 Å². The Bertz CT molecular complexity index is 1160. The Hall–Kier alpha value is -3.70. The van der Waals surface area contributed by atoms with E-state index in [1.54, 1.807) is 0 Å². The summed E-state index contributed by atoms with van der Waals surface area (Å²) >= 11 is 0. The van der Waals surface area contributed by atoms with Crippen molar-refractivity contribution in [3.8, 4) is 11.5 Å². The first kappa shape index (κ1) is 29.9. The maximum Gasteiger partial charge on any atom is 0.328 e. The Morgan fingerprint density at radius 3 is 2.41 bits per heavy atom. The zero-order chi connectivity index (χ0) is 28.4. The number of anilines is 1. The number of nitrogens with zero attached hydrogens (tertiary/aromatic N) is 1. The maximum absolute atomic E-state index is 14.4. The number of carboxylic acid groups (broad SMARTS) is 2. The van der Waals surface area contributed by atoms with E-state index in [1.165, 1.54) is 28.8 Å². The average molecular weight is 549 g/mol. The first-order chi connectivity index (χ1) is 18.7. The predicted molar refractivity (Wildman–Crippen MR) is 141 cm³/mol. The summed E-state index contributed by atoms with van der Waals surface area (Å²) in [6.07, 6.45) is 3.10. The van der Waals surface area contributed by atoms with Gasteiger partial charge >= 0.3 is 11.9 Å². The number of hydrogen-bond donors (Lipinski definition) is 3. The molecule has 2 heterocycles. The van der Waals surface area contributed by atoms with Gasteiger partial charge in [-0.2, -0.15) is 0 Å². The minimum absolute atomic E-state index is 0.175. The number of hydrogen-bond acceptors (Lipinski definition) is 7. The van der Waals surface area contributed by atoms with Gasteiger partial charge in [-0.15, -0.1) is 0 Å². The van der Waals surface area contributed by atoms with E-state index in [0.717, 1.165) is 37.4 Å². The average Bonchev–Trinajstić information content (AvgIpc) is 3.14. The lowest BCUT2D eigenvalue weighted by molar-refractivity contribution is -0.134. The summed E-state index contributed by atoms with van der Waals surface area (Å²) in [4.78, 5) is 21.3.